The Kier molecular flexibility index (Phi) is 6.35. The molecule has 2 aromatic carbocycles. The van der Waals surface area contributed by atoms with E-state index in [9.17, 15) is 8.42 Å². The van der Waals surface area contributed by atoms with Crippen LogP contribution in [0.15, 0.2) is 59.5 Å². The summed E-state index contributed by atoms with van der Waals surface area (Å²) in [5, 5.41) is 0. The first-order valence-electron chi connectivity index (χ1n) is 10.3. The van der Waals surface area contributed by atoms with Gasteiger partial charge in [0, 0.05) is 30.7 Å². The number of ether oxygens (including phenoxy) is 3. The summed E-state index contributed by atoms with van der Waals surface area (Å²) in [6, 6.07) is 15.6. The molecule has 4 aromatic rings. The van der Waals surface area contributed by atoms with E-state index in [-0.39, 0.29) is 11.0 Å². The number of nitrogens with zero attached hydrogens (tertiary/aromatic N) is 2. The van der Waals surface area contributed by atoms with Crippen LogP contribution in [-0.2, 0) is 14.6 Å². The maximum absolute atomic E-state index is 11.7. The van der Waals surface area contributed by atoms with Gasteiger partial charge in [-0.25, -0.2) is 18.4 Å². The summed E-state index contributed by atoms with van der Waals surface area (Å²) in [6.45, 7) is 4.27. The monoisotopic (exact) mass is 467 g/mol. The van der Waals surface area contributed by atoms with E-state index < -0.39 is 9.84 Å². The number of sulfone groups is 1. The average Bonchev–Trinajstić information content (AvgIpc) is 3.17. The van der Waals surface area contributed by atoms with Gasteiger partial charge in [0.25, 0.3) is 0 Å². The highest BCUT2D eigenvalue weighted by Crippen LogP contribution is 2.33. The minimum Gasteiger partial charge on any atom is -0.488 e. The molecule has 172 valence electrons. The van der Waals surface area contributed by atoms with Gasteiger partial charge in [-0.15, -0.1) is 0 Å². The fourth-order valence-corrected chi connectivity index (χ4v) is 3.99. The fraction of sp³-hybridized carbons (Fsp3) is 0.250. The molecule has 0 amide bonds. The van der Waals surface area contributed by atoms with Crippen LogP contribution < -0.4 is 9.47 Å². The Morgan fingerprint density at radius 3 is 2.39 bits per heavy atom. The summed E-state index contributed by atoms with van der Waals surface area (Å²) in [5.74, 6) is 2.23. The first-order valence-corrected chi connectivity index (χ1v) is 12.2. The number of hydrogen-bond donors (Lipinski definition) is 1. The highest BCUT2D eigenvalue weighted by Gasteiger charge is 2.13. The fourth-order valence-electron chi connectivity index (χ4n) is 3.36. The molecule has 0 saturated carbocycles. The number of H-pyrrole nitrogens is 1. The van der Waals surface area contributed by atoms with Gasteiger partial charge in [-0.1, -0.05) is 0 Å². The van der Waals surface area contributed by atoms with Crippen LogP contribution in [0.5, 0.6) is 17.2 Å². The molecule has 0 bridgehead atoms. The number of benzene rings is 2. The average molecular weight is 468 g/mol. The molecule has 1 atom stereocenters. The van der Waals surface area contributed by atoms with E-state index in [4.69, 9.17) is 14.2 Å². The van der Waals surface area contributed by atoms with Crippen LogP contribution in [-0.4, -0.2) is 49.4 Å². The second kappa shape index (κ2) is 9.21. The van der Waals surface area contributed by atoms with Gasteiger partial charge in [-0.05, 0) is 62.4 Å². The van der Waals surface area contributed by atoms with Crippen molar-refractivity contribution < 1.29 is 22.6 Å². The van der Waals surface area contributed by atoms with Crippen LogP contribution in [0.25, 0.3) is 22.6 Å². The Morgan fingerprint density at radius 2 is 1.70 bits per heavy atom. The minimum atomic E-state index is -3.28. The van der Waals surface area contributed by atoms with Crippen LogP contribution in [0.4, 0.5) is 0 Å². The van der Waals surface area contributed by atoms with Crippen molar-refractivity contribution in [1.29, 1.82) is 0 Å². The molecule has 0 aliphatic carbocycles. The summed E-state index contributed by atoms with van der Waals surface area (Å²) in [4.78, 5) is 12.6. The van der Waals surface area contributed by atoms with Crippen molar-refractivity contribution in [1.82, 2.24) is 15.0 Å². The van der Waals surface area contributed by atoms with Crippen molar-refractivity contribution >= 4 is 21.0 Å². The van der Waals surface area contributed by atoms with E-state index in [0.717, 1.165) is 16.8 Å². The summed E-state index contributed by atoms with van der Waals surface area (Å²) in [5.41, 5.74) is 3.11. The Balaban J connectivity index is 1.70. The van der Waals surface area contributed by atoms with Crippen LogP contribution in [0.3, 0.4) is 0 Å². The third-order valence-corrected chi connectivity index (χ3v) is 5.99. The second-order valence-corrected chi connectivity index (χ2v) is 9.84. The van der Waals surface area contributed by atoms with E-state index >= 15 is 0 Å². The van der Waals surface area contributed by atoms with E-state index in [2.05, 4.69) is 15.0 Å². The van der Waals surface area contributed by atoms with Gasteiger partial charge in [-0.2, -0.15) is 0 Å². The molecule has 9 heteroatoms. The Hall–Kier alpha value is -3.43. The highest BCUT2D eigenvalue weighted by molar-refractivity contribution is 7.90. The second-order valence-electron chi connectivity index (χ2n) is 7.83. The molecule has 33 heavy (non-hydrogen) atoms. The maximum atomic E-state index is 11.7. The normalized spacial score (nSPS) is 12.6. The number of nitrogens with one attached hydrogen (secondary N) is 1. The molecule has 0 aliphatic heterocycles. The zero-order valence-electron chi connectivity index (χ0n) is 18.8. The molecule has 0 aliphatic rings. The summed E-state index contributed by atoms with van der Waals surface area (Å²) in [7, 11) is -1.66. The van der Waals surface area contributed by atoms with Crippen molar-refractivity contribution in [3.05, 3.63) is 60.3 Å². The van der Waals surface area contributed by atoms with Crippen molar-refractivity contribution in [2.24, 2.45) is 0 Å². The standard InChI is InChI=1S/C24H25N3O5S/c1-15-5-10-22-24(25-15)27-23(26-22)17-11-19(31-16(2)14-30-3)13-20(12-17)32-18-6-8-21(9-7-18)33(4,28)29/h5-13,16H,14H2,1-4H3,(H,25,26,27)/t16-/m0/s1. The van der Waals surface area contributed by atoms with Crippen molar-refractivity contribution in [3.63, 3.8) is 0 Å². The molecule has 0 spiro atoms. The van der Waals surface area contributed by atoms with Gasteiger partial charge in [0.2, 0.25) is 0 Å². The van der Waals surface area contributed by atoms with Crippen LogP contribution >= 0.6 is 0 Å². The summed E-state index contributed by atoms with van der Waals surface area (Å²) < 4.78 is 40.6. The van der Waals surface area contributed by atoms with E-state index in [0.29, 0.717) is 35.3 Å². The van der Waals surface area contributed by atoms with Gasteiger partial charge < -0.3 is 19.2 Å². The predicted molar refractivity (Wildman–Crippen MR) is 126 cm³/mol. The molecule has 0 saturated heterocycles. The van der Waals surface area contributed by atoms with E-state index in [1.165, 1.54) is 18.4 Å². The highest BCUT2D eigenvalue weighted by atomic mass is 32.2. The topological polar surface area (TPSA) is 103 Å². The van der Waals surface area contributed by atoms with Crippen molar-refractivity contribution in [2.75, 3.05) is 20.0 Å². The molecule has 0 fully saturated rings. The van der Waals surface area contributed by atoms with Gasteiger partial charge in [0.15, 0.2) is 15.5 Å². The lowest BCUT2D eigenvalue weighted by Crippen LogP contribution is -2.17. The first-order chi connectivity index (χ1) is 15.7. The van der Waals surface area contributed by atoms with Crippen molar-refractivity contribution in [3.8, 4) is 28.6 Å². The molecule has 2 aromatic heterocycles. The van der Waals surface area contributed by atoms with Gasteiger partial charge in [-0.3, -0.25) is 0 Å². The van der Waals surface area contributed by atoms with E-state index in [1.54, 1.807) is 25.3 Å². The first kappa shape index (κ1) is 22.8. The lowest BCUT2D eigenvalue weighted by Gasteiger charge is -2.16. The Morgan fingerprint density at radius 1 is 0.970 bits per heavy atom. The number of methoxy groups -OCH3 is 1. The van der Waals surface area contributed by atoms with Crippen molar-refractivity contribution in [2.45, 2.75) is 24.8 Å². The number of aromatic nitrogens is 3. The number of imidazole rings is 1. The lowest BCUT2D eigenvalue weighted by molar-refractivity contribution is 0.0920. The minimum absolute atomic E-state index is 0.174. The largest absolute Gasteiger partial charge is 0.488 e. The summed E-state index contributed by atoms with van der Waals surface area (Å²) >= 11 is 0. The summed E-state index contributed by atoms with van der Waals surface area (Å²) in [6.07, 6.45) is 0.994. The molecule has 1 N–H and O–H groups in total. The number of fused-ring (bicyclic) bond motifs is 1. The number of rotatable bonds is 8. The van der Waals surface area contributed by atoms with Gasteiger partial charge in [0.05, 0.1) is 11.5 Å². The van der Waals surface area contributed by atoms with Crippen LogP contribution in [0, 0.1) is 6.92 Å². The number of aryl methyl sites for hydroxylation is 1. The van der Waals surface area contributed by atoms with Gasteiger partial charge >= 0.3 is 0 Å². The van der Waals surface area contributed by atoms with Crippen LogP contribution in [0.2, 0.25) is 0 Å². The predicted octanol–water partition coefficient (Wildman–Crippen LogP) is 4.54. The Labute approximate surface area is 192 Å². The van der Waals surface area contributed by atoms with Crippen LogP contribution in [0.1, 0.15) is 12.6 Å². The molecular formula is C24H25N3O5S. The zero-order valence-corrected chi connectivity index (χ0v) is 19.6. The number of pyridine rings is 1. The van der Waals surface area contributed by atoms with E-state index in [1.807, 2.05) is 38.1 Å². The molecule has 4 rings (SSSR count). The molecular weight excluding hydrogens is 442 g/mol. The zero-order chi connectivity index (χ0) is 23.6. The Bertz CT molecular complexity index is 1380. The maximum Gasteiger partial charge on any atom is 0.175 e. The quantitative estimate of drug-likeness (QED) is 0.406. The number of aromatic amines is 1. The lowest BCUT2D eigenvalue weighted by atomic mass is 10.2. The molecule has 0 radical (unpaired) electrons. The third-order valence-electron chi connectivity index (χ3n) is 4.86. The molecule has 2 heterocycles. The smallest absolute Gasteiger partial charge is 0.175 e. The number of hydrogen-bond acceptors (Lipinski definition) is 7. The molecule has 8 nitrogen and oxygen atoms in total. The SMILES string of the molecule is COC[C@H](C)Oc1cc(Oc2ccc(S(C)(=O)=O)cc2)cc(-c2nc3ccc(C)nc3[nH]2)c1. The van der Waals surface area contributed by atoms with Gasteiger partial charge in [0.1, 0.15) is 34.7 Å². The molecule has 0 unspecified atom stereocenters. The third kappa shape index (κ3) is 5.50.